The number of anilines is 1. The number of sulfone groups is 1. The van der Waals surface area contributed by atoms with Gasteiger partial charge in [0.05, 0.1) is 21.5 Å². The lowest BCUT2D eigenvalue weighted by molar-refractivity contribution is -0.117. The molecule has 3 heterocycles. The summed E-state index contributed by atoms with van der Waals surface area (Å²) in [6.45, 7) is 0.448. The van der Waals surface area contributed by atoms with Gasteiger partial charge in [-0.05, 0) is 24.1 Å². The molecule has 1 saturated heterocycles. The van der Waals surface area contributed by atoms with Crippen LogP contribution in [-0.2, 0) is 20.4 Å². The van der Waals surface area contributed by atoms with Crippen molar-refractivity contribution in [3.8, 4) is 0 Å². The van der Waals surface area contributed by atoms with Crippen molar-refractivity contribution in [1.82, 2.24) is 4.98 Å². The number of hydrogen-bond donors (Lipinski definition) is 1. The summed E-state index contributed by atoms with van der Waals surface area (Å²) in [5.41, 5.74) is 0.983. The minimum atomic E-state index is -3.87. The molecule has 1 aromatic heterocycles. The van der Waals surface area contributed by atoms with Gasteiger partial charge in [0, 0.05) is 24.7 Å². The van der Waals surface area contributed by atoms with Crippen molar-refractivity contribution in [2.45, 2.75) is 18.6 Å². The molecule has 1 aromatic carbocycles. The molecule has 2 aliphatic heterocycles. The van der Waals surface area contributed by atoms with E-state index in [4.69, 9.17) is 23.2 Å². The first kappa shape index (κ1) is 18.3. The van der Waals surface area contributed by atoms with Crippen LogP contribution >= 0.6 is 23.2 Å². The van der Waals surface area contributed by atoms with Crippen molar-refractivity contribution in [3.05, 3.63) is 57.3 Å². The Morgan fingerprint density at radius 3 is 2.67 bits per heavy atom. The summed E-state index contributed by atoms with van der Waals surface area (Å²) in [6.07, 6.45) is 2.52. The van der Waals surface area contributed by atoms with Gasteiger partial charge in [0.15, 0.2) is 15.6 Å². The maximum absolute atomic E-state index is 12.9. The molecule has 9 heteroatoms. The second kappa shape index (κ2) is 6.51. The molecule has 1 amide bonds. The number of halogens is 2. The summed E-state index contributed by atoms with van der Waals surface area (Å²) in [6, 6.07) is 6.13. The molecule has 1 fully saturated rings. The molecule has 0 saturated carbocycles. The van der Waals surface area contributed by atoms with Crippen LogP contribution in [0.4, 0.5) is 5.69 Å². The van der Waals surface area contributed by atoms with E-state index in [-0.39, 0.29) is 43.6 Å². The summed E-state index contributed by atoms with van der Waals surface area (Å²) in [7, 11) is -3.87. The number of carbonyl (C=O) groups excluding carboxylic acids is 1. The Kier molecular flexibility index (Phi) is 4.41. The van der Waals surface area contributed by atoms with Crippen molar-refractivity contribution in [3.63, 3.8) is 0 Å². The minimum Gasteiger partial charge on any atom is -0.504 e. The summed E-state index contributed by atoms with van der Waals surface area (Å²) < 4.78 is 25.7. The van der Waals surface area contributed by atoms with Crippen LogP contribution in [0.1, 0.15) is 29.7 Å². The van der Waals surface area contributed by atoms with Crippen LogP contribution in [0.3, 0.4) is 0 Å². The molecular weight excluding hydrogens is 411 g/mol. The van der Waals surface area contributed by atoms with Crippen molar-refractivity contribution in [1.29, 1.82) is 0 Å². The third-order valence-electron chi connectivity index (χ3n) is 4.64. The highest BCUT2D eigenvalue weighted by Crippen LogP contribution is 2.45. The number of benzene rings is 1. The number of aliphatic hydroxyl groups excluding tert-OH is 1. The van der Waals surface area contributed by atoms with E-state index in [0.29, 0.717) is 24.9 Å². The van der Waals surface area contributed by atoms with E-state index in [9.17, 15) is 18.3 Å². The number of amides is 1. The van der Waals surface area contributed by atoms with Crippen molar-refractivity contribution >= 4 is 55.3 Å². The molecule has 6 nitrogen and oxygen atoms in total. The van der Waals surface area contributed by atoms with Gasteiger partial charge in [0.2, 0.25) is 5.91 Å². The van der Waals surface area contributed by atoms with E-state index in [1.54, 1.807) is 12.1 Å². The fourth-order valence-electron chi connectivity index (χ4n) is 3.44. The molecule has 140 valence electrons. The lowest BCUT2D eigenvalue weighted by atomic mass is 10.1. The number of nitrogens with zero attached hydrogens (tertiary/aromatic N) is 2. The van der Waals surface area contributed by atoms with Crippen molar-refractivity contribution in [2.75, 3.05) is 11.4 Å². The molecule has 4 rings (SSSR count). The van der Waals surface area contributed by atoms with Gasteiger partial charge in [-0.2, -0.15) is 0 Å². The number of pyridine rings is 1. The highest BCUT2D eigenvalue weighted by Gasteiger charge is 2.36. The second-order valence-corrected chi connectivity index (χ2v) is 9.07. The van der Waals surface area contributed by atoms with Crippen molar-refractivity contribution < 1.29 is 18.3 Å². The number of aromatic nitrogens is 1. The van der Waals surface area contributed by atoms with Crippen molar-refractivity contribution in [2.24, 2.45) is 0 Å². The zero-order valence-corrected chi connectivity index (χ0v) is 16.3. The second-order valence-electron chi connectivity index (χ2n) is 6.35. The Bertz CT molecular complexity index is 1110. The van der Waals surface area contributed by atoms with E-state index in [0.717, 1.165) is 0 Å². The van der Waals surface area contributed by atoms with E-state index >= 15 is 0 Å². The summed E-state index contributed by atoms with van der Waals surface area (Å²) in [5.74, 6) is -0.889. The van der Waals surface area contributed by atoms with Gasteiger partial charge in [-0.15, -0.1) is 0 Å². The van der Waals surface area contributed by atoms with Gasteiger partial charge in [-0.1, -0.05) is 35.3 Å². The van der Waals surface area contributed by atoms with Crippen LogP contribution in [0.2, 0.25) is 10.0 Å². The fourth-order valence-corrected chi connectivity index (χ4v) is 5.85. The Balaban J connectivity index is 1.97. The Labute approximate surface area is 166 Å². The highest BCUT2D eigenvalue weighted by molar-refractivity contribution is 8.00. The Morgan fingerprint density at radius 1 is 1.19 bits per heavy atom. The molecule has 0 unspecified atom stereocenters. The number of carbonyl (C=O) groups is 1. The van der Waals surface area contributed by atoms with Gasteiger partial charge in [0.1, 0.15) is 10.6 Å². The quantitative estimate of drug-likeness (QED) is 0.791. The number of fused-ring (bicyclic) bond motifs is 1. The van der Waals surface area contributed by atoms with E-state index in [2.05, 4.69) is 4.98 Å². The molecule has 0 atom stereocenters. The standard InChI is InChI=1S/C18H14Cl2N2O4S/c19-12-6-5-11(14(20)16(12)22-8-2-4-13(22)23)18-17(24)15-10(3-1-7-21-15)9-27(18,25)26/h1,3,5-7,24H,2,4,8-9H2. The van der Waals surface area contributed by atoms with Crippen LogP contribution in [0.5, 0.6) is 0 Å². The molecule has 0 bridgehead atoms. The molecule has 1 N–H and O–H groups in total. The van der Waals surface area contributed by atoms with Crippen LogP contribution in [0.25, 0.3) is 10.7 Å². The smallest absolute Gasteiger partial charge is 0.227 e. The monoisotopic (exact) mass is 424 g/mol. The molecule has 0 radical (unpaired) electrons. The predicted molar refractivity (Wildman–Crippen MR) is 104 cm³/mol. The highest BCUT2D eigenvalue weighted by atomic mass is 35.5. The molecule has 0 aliphatic carbocycles. The molecule has 27 heavy (non-hydrogen) atoms. The van der Waals surface area contributed by atoms with E-state index < -0.39 is 15.6 Å². The first-order valence-corrected chi connectivity index (χ1v) is 10.6. The normalized spacial score (nSPS) is 18.7. The average Bonchev–Trinajstić information content (AvgIpc) is 3.02. The molecule has 2 aromatic rings. The number of rotatable bonds is 2. The largest absolute Gasteiger partial charge is 0.504 e. The summed E-state index contributed by atoms with van der Waals surface area (Å²) in [4.78, 5) is 17.4. The lowest BCUT2D eigenvalue weighted by Gasteiger charge is -2.24. The van der Waals surface area contributed by atoms with Gasteiger partial charge in [-0.25, -0.2) is 8.42 Å². The van der Waals surface area contributed by atoms with Crippen LogP contribution in [0, 0.1) is 0 Å². The van der Waals surface area contributed by atoms with Crippen LogP contribution in [-0.4, -0.2) is 31.0 Å². The van der Waals surface area contributed by atoms with Gasteiger partial charge in [-0.3, -0.25) is 9.78 Å². The zero-order valence-electron chi connectivity index (χ0n) is 13.9. The lowest BCUT2D eigenvalue weighted by Crippen LogP contribution is -2.25. The van der Waals surface area contributed by atoms with Crippen LogP contribution in [0.15, 0.2) is 30.5 Å². The third-order valence-corrected chi connectivity index (χ3v) is 7.06. The third kappa shape index (κ3) is 2.90. The maximum atomic E-state index is 12.9. The number of aliphatic hydroxyl groups is 1. The topological polar surface area (TPSA) is 87.6 Å². The molecule has 2 aliphatic rings. The Morgan fingerprint density at radius 2 is 1.96 bits per heavy atom. The predicted octanol–water partition coefficient (Wildman–Crippen LogP) is 3.83. The SMILES string of the molecule is O=C1CCCN1c1c(Cl)ccc(C2=C(O)c3ncccc3CS2(=O)=O)c1Cl. The van der Waals surface area contributed by atoms with Crippen LogP contribution < -0.4 is 4.90 Å². The van der Waals surface area contributed by atoms with Gasteiger partial charge in [0.25, 0.3) is 0 Å². The molecule has 0 spiro atoms. The first-order chi connectivity index (χ1) is 12.8. The Hall–Kier alpha value is -2.09. The molecular formula is C18H14Cl2N2O4S. The summed E-state index contributed by atoms with van der Waals surface area (Å²) in [5, 5.41) is 10.9. The first-order valence-electron chi connectivity index (χ1n) is 8.20. The fraction of sp³-hybridized carbons (Fsp3) is 0.222. The zero-order chi connectivity index (χ0) is 19.3. The van der Waals surface area contributed by atoms with Gasteiger partial charge >= 0.3 is 0 Å². The summed E-state index contributed by atoms with van der Waals surface area (Å²) >= 11 is 12.8. The average molecular weight is 425 g/mol. The number of hydrogen-bond acceptors (Lipinski definition) is 5. The minimum absolute atomic E-state index is 0.0160. The van der Waals surface area contributed by atoms with E-state index in [1.165, 1.54) is 23.2 Å². The maximum Gasteiger partial charge on any atom is 0.227 e. The van der Waals surface area contributed by atoms with Gasteiger partial charge < -0.3 is 10.0 Å². The van der Waals surface area contributed by atoms with E-state index in [1.807, 2.05) is 0 Å².